The zero-order valence-corrected chi connectivity index (χ0v) is 9.68. The van der Waals surface area contributed by atoms with Crippen LogP contribution in [0, 0.1) is 5.82 Å². The number of nitrogens with one attached hydrogen (secondary N) is 1. The molecule has 16 heavy (non-hydrogen) atoms. The largest absolute Gasteiger partial charge is 0.346 e. The fraction of sp³-hybridized carbons (Fsp3) is 0.333. The van der Waals surface area contributed by atoms with E-state index in [2.05, 4.69) is 9.88 Å². The van der Waals surface area contributed by atoms with E-state index < -0.39 is 0 Å². The van der Waals surface area contributed by atoms with Crippen molar-refractivity contribution in [3.05, 3.63) is 34.7 Å². The van der Waals surface area contributed by atoms with Gasteiger partial charge in [-0.15, -0.1) is 0 Å². The smallest absolute Gasteiger partial charge is 0.142 e. The summed E-state index contributed by atoms with van der Waals surface area (Å²) in [6, 6.07) is 3.82. The van der Waals surface area contributed by atoms with Gasteiger partial charge in [0.2, 0.25) is 0 Å². The highest BCUT2D eigenvalue weighted by molar-refractivity contribution is 6.35. The third-order valence-corrected chi connectivity index (χ3v) is 3.69. The maximum Gasteiger partial charge on any atom is 0.142 e. The van der Waals surface area contributed by atoms with Gasteiger partial charge in [0.1, 0.15) is 5.82 Å². The summed E-state index contributed by atoms with van der Waals surface area (Å²) in [5.41, 5.74) is 2.12. The van der Waals surface area contributed by atoms with Gasteiger partial charge in [-0.05, 0) is 31.2 Å². The molecule has 3 rings (SSSR count). The van der Waals surface area contributed by atoms with E-state index in [-0.39, 0.29) is 10.8 Å². The molecule has 0 radical (unpaired) electrons. The van der Waals surface area contributed by atoms with E-state index in [0.717, 1.165) is 29.4 Å². The summed E-state index contributed by atoms with van der Waals surface area (Å²) in [4.78, 5) is 0. The van der Waals surface area contributed by atoms with Gasteiger partial charge in [0, 0.05) is 24.2 Å². The van der Waals surface area contributed by atoms with Crippen LogP contribution in [0.5, 0.6) is 0 Å². The topological polar surface area (TPSA) is 17.0 Å². The normalized spacial score (nSPS) is 19.3. The lowest BCUT2D eigenvalue weighted by atomic mass is 10.00. The van der Waals surface area contributed by atoms with Crippen molar-refractivity contribution in [2.24, 2.45) is 0 Å². The molecular weight excluding hydrogens is 227 g/mol. The van der Waals surface area contributed by atoms with Crippen molar-refractivity contribution in [3.63, 3.8) is 0 Å². The molecule has 4 heteroatoms. The van der Waals surface area contributed by atoms with Crippen molar-refractivity contribution >= 4 is 22.5 Å². The van der Waals surface area contributed by atoms with Crippen LogP contribution in [0.25, 0.3) is 10.9 Å². The average Bonchev–Trinajstić information content (AvgIpc) is 2.70. The van der Waals surface area contributed by atoms with Gasteiger partial charge in [0.25, 0.3) is 0 Å². The molecule has 0 unspecified atom stereocenters. The molecule has 1 aromatic carbocycles. The van der Waals surface area contributed by atoms with Crippen LogP contribution in [0.3, 0.4) is 0 Å². The average molecular weight is 239 g/mol. The van der Waals surface area contributed by atoms with Gasteiger partial charge < -0.3 is 9.88 Å². The monoisotopic (exact) mass is 238 g/mol. The molecular formula is C12H12ClFN2. The molecule has 0 aliphatic carbocycles. The molecule has 0 bridgehead atoms. The number of halogens is 2. The van der Waals surface area contributed by atoms with Crippen LogP contribution in [0.2, 0.25) is 5.02 Å². The third kappa shape index (κ3) is 1.28. The predicted octanol–water partition coefficient (Wildman–Crippen LogP) is 2.58. The Balaban J connectivity index is 2.29. The van der Waals surface area contributed by atoms with Gasteiger partial charge in [-0.2, -0.15) is 0 Å². The van der Waals surface area contributed by atoms with Gasteiger partial charge in [0.05, 0.1) is 10.5 Å². The Hall–Kier alpha value is -1.06. The summed E-state index contributed by atoms with van der Waals surface area (Å²) in [5, 5.41) is 4.30. The first kappa shape index (κ1) is 10.1. The number of nitrogens with zero attached hydrogens (tertiary/aromatic N) is 1. The second kappa shape index (κ2) is 3.47. The summed E-state index contributed by atoms with van der Waals surface area (Å²) in [6.07, 6.45) is 2.83. The van der Waals surface area contributed by atoms with Gasteiger partial charge in [-0.1, -0.05) is 11.6 Å². The van der Waals surface area contributed by atoms with Crippen molar-refractivity contribution in [2.45, 2.75) is 19.0 Å². The molecule has 2 heterocycles. The first-order valence-corrected chi connectivity index (χ1v) is 5.71. The highest BCUT2D eigenvalue weighted by Crippen LogP contribution is 2.33. The Bertz CT molecular complexity index is 562. The van der Waals surface area contributed by atoms with Gasteiger partial charge in [-0.25, -0.2) is 4.39 Å². The van der Waals surface area contributed by atoms with E-state index in [1.807, 2.05) is 19.3 Å². The molecule has 0 amide bonds. The van der Waals surface area contributed by atoms with Crippen LogP contribution in [0.4, 0.5) is 4.39 Å². The Morgan fingerprint density at radius 1 is 1.56 bits per heavy atom. The summed E-state index contributed by atoms with van der Waals surface area (Å²) in [6.45, 7) is 0.912. The zero-order valence-electron chi connectivity index (χ0n) is 8.93. The van der Waals surface area contributed by atoms with Gasteiger partial charge >= 0.3 is 0 Å². The zero-order chi connectivity index (χ0) is 11.3. The Morgan fingerprint density at radius 3 is 3.12 bits per heavy atom. The lowest BCUT2D eigenvalue weighted by Gasteiger charge is -2.24. The fourth-order valence-electron chi connectivity index (χ4n) is 2.49. The van der Waals surface area contributed by atoms with Crippen LogP contribution in [0.1, 0.15) is 5.56 Å². The molecule has 1 atom stereocenters. The second-order valence-electron chi connectivity index (χ2n) is 4.25. The quantitative estimate of drug-likeness (QED) is 0.808. The molecule has 1 aromatic heterocycles. The predicted molar refractivity (Wildman–Crippen MR) is 63.5 cm³/mol. The van der Waals surface area contributed by atoms with E-state index in [4.69, 9.17) is 11.6 Å². The lowest BCUT2D eigenvalue weighted by molar-refractivity contribution is 0.469. The fourth-order valence-corrected chi connectivity index (χ4v) is 2.70. The molecule has 0 fully saturated rings. The second-order valence-corrected chi connectivity index (χ2v) is 4.63. The summed E-state index contributed by atoms with van der Waals surface area (Å²) in [5.74, 6) is -0.321. The minimum Gasteiger partial charge on any atom is -0.346 e. The van der Waals surface area contributed by atoms with E-state index in [1.54, 1.807) is 6.07 Å². The maximum absolute atomic E-state index is 13.6. The molecule has 2 nitrogen and oxygen atoms in total. The van der Waals surface area contributed by atoms with Gasteiger partial charge in [0.15, 0.2) is 0 Å². The molecule has 1 aliphatic rings. The van der Waals surface area contributed by atoms with E-state index in [9.17, 15) is 4.39 Å². The number of aromatic nitrogens is 1. The molecule has 0 saturated carbocycles. The maximum atomic E-state index is 13.6. The number of hydrogen-bond acceptors (Lipinski definition) is 1. The van der Waals surface area contributed by atoms with E-state index in [0.29, 0.717) is 6.04 Å². The molecule has 0 spiro atoms. The van der Waals surface area contributed by atoms with Crippen molar-refractivity contribution in [2.75, 3.05) is 7.05 Å². The van der Waals surface area contributed by atoms with Crippen LogP contribution < -0.4 is 5.32 Å². The summed E-state index contributed by atoms with van der Waals surface area (Å²) >= 11 is 5.96. The third-order valence-electron chi connectivity index (χ3n) is 3.31. The number of benzene rings is 1. The number of hydrogen-bond donors (Lipinski definition) is 1. The van der Waals surface area contributed by atoms with Crippen molar-refractivity contribution in [3.8, 4) is 0 Å². The van der Waals surface area contributed by atoms with Crippen LogP contribution >= 0.6 is 11.6 Å². The van der Waals surface area contributed by atoms with E-state index >= 15 is 0 Å². The minimum atomic E-state index is -0.321. The molecule has 0 saturated heterocycles. The van der Waals surface area contributed by atoms with Crippen LogP contribution in [0.15, 0.2) is 18.3 Å². The van der Waals surface area contributed by atoms with Crippen LogP contribution in [-0.2, 0) is 13.0 Å². The number of rotatable bonds is 1. The Labute approximate surface area is 98.0 Å². The van der Waals surface area contributed by atoms with E-state index in [1.165, 1.54) is 0 Å². The summed E-state index contributed by atoms with van der Waals surface area (Å²) in [7, 11) is 1.93. The Morgan fingerprint density at radius 2 is 2.38 bits per heavy atom. The molecule has 2 aromatic rings. The first-order chi connectivity index (χ1) is 7.70. The molecule has 84 valence electrons. The van der Waals surface area contributed by atoms with Crippen molar-refractivity contribution in [1.29, 1.82) is 0 Å². The van der Waals surface area contributed by atoms with Crippen molar-refractivity contribution < 1.29 is 4.39 Å². The Kier molecular flexibility index (Phi) is 2.19. The number of likely N-dealkylation sites (N-methyl/N-ethyl adjacent to an activating group) is 1. The van der Waals surface area contributed by atoms with Gasteiger partial charge in [-0.3, -0.25) is 0 Å². The molecule has 1 aliphatic heterocycles. The lowest BCUT2D eigenvalue weighted by Crippen LogP contribution is -2.34. The minimum absolute atomic E-state index is 0.236. The van der Waals surface area contributed by atoms with Crippen LogP contribution in [-0.4, -0.2) is 17.7 Å². The molecule has 1 N–H and O–H groups in total. The highest BCUT2D eigenvalue weighted by atomic mass is 35.5. The standard InChI is InChI=1S/C12H12ClFN2/c1-15-8-4-7-5-10(14)11(13)9-2-3-16(6-8)12(7)9/h2-3,5,8,15H,4,6H2,1H3/t8-/m0/s1. The summed E-state index contributed by atoms with van der Waals surface area (Å²) < 4.78 is 15.7. The highest BCUT2D eigenvalue weighted by Gasteiger charge is 2.22. The SMILES string of the molecule is CN[C@H]1Cc2cc(F)c(Cl)c3ccn(c23)C1. The van der Waals surface area contributed by atoms with Crippen molar-refractivity contribution in [1.82, 2.24) is 9.88 Å². The first-order valence-electron chi connectivity index (χ1n) is 5.33.